The third kappa shape index (κ3) is 3.19. The number of hydrogen-bond acceptors (Lipinski definition) is 6. The summed E-state index contributed by atoms with van der Waals surface area (Å²) in [6.45, 7) is 10.7. The lowest BCUT2D eigenvalue weighted by Crippen LogP contribution is -2.30. The van der Waals surface area contributed by atoms with Gasteiger partial charge in [-0.15, -0.1) is 9.78 Å². The van der Waals surface area contributed by atoms with Crippen molar-refractivity contribution in [2.24, 2.45) is 0 Å². The maximum absolute atomic E-state index is 12.1. The van der Waals surface area contributed by atoms with Crippen molar-refractivity contribution in [3.63, 3.8) is 0 Å². The van der Waals surface area contributed by atoms with E-state index in [1.807, 2.05) is 11.9 Å². The van der Waals surface area contributed by atoms with E-state index in [0.29, 0.717) is 23.3 Å². The van der Waals surface area contributed by atoms with Crippen LogP contribution in [0.2, 0.25) is 5.02 Å². The Labute approximate surface area is 173 Å². The van der Waals surface area contributed by atoms with Gasteiger partial charge in [-0.2, -0.15) is 0 Å². The van der Waals surface area contributed by atoms with E-state index in [-0.39, 0.29) is 28.1 Å². The number of rotatable bonds is 3. The van der Waals surface area contributed by atoms with Gasteiger partial charge in [-0.25, -0.2) is 9.89 Å². The first-order chi connectivity index (χ1) is 14.3. The van der Waals surface area contributed by atoms with Gasteiger partial charge in [-0.05, 0) is 48.5 Å². The monoisotopic (exact) mass is 426 g/mol. The van der Waals surface area contributed by atoms with Gasteiger partial charge in [0.15, 0.2) is 5.75 Å². The van der Waals surface area contributed by atoms with Crippen molar-refractivity contribution in [3.05, 3.63) is 76.5 Å². The molecule has 3 aromatic rings. The lowest BCUT2D eigenvalue weighted by Gasteiger charge is -2.13. The summed E-state index contributed by atoms with van der Waals surface area (Å²) in [6.07, 6.45) is 1.50. The fraction of sp³-hybridized carbons (Fsp3) is 0.263. The molecule has 2 aromatic heterocycles. The molecule has 0 spiro atoms. The summed E-state index contributed by atoms with van der Waals surface area (Å²) in [4.78, 5) is 40.8. The molecule has 0 radical (unpaired) electrons. The summed E-state index contributed by atoms with van der Waals surface area (Å²) in [5, 5.41) is 10.4. The second-order valence-corrected chi connectivity index (χ2v) is 7.38. The van der Waals surface area contributed by atoms with Gasteiger partial charge in [-0.3, -0.25) is 14.6 Å². The highest BCUT2D eigenvalue weighted by Gasteiger charge is 2.27. The van der Waals surface area contributed by atoms with Crippen molar-refractivity contribution < 1.29 is 4.74 Å². The number of hydrogen-bond donors (Lipinski definition) is 2. The van der Waals surface area contributed by atoms with Crippen LogP contribution in [0, 0.1) is 13.5 Å². The van der Waals surface area contributed by atoms with Gasteiger partial charge < -0.3 is 9.58 Å². The fourth-order valence-corrected chi connectivity index (χ4v) is 3.83. The molecule has 1 aliphatic carbocycles. The number of H-pyrrole nitrogens is 2. The summed E-state index contributed by atoms with van der Waals surface area (Å²) in [7, 11) is 0. The molecule has 1 atom stereocenters. The molecule has 11 heteroatoms. The Morgan fingerprint density at radius 1 is 1.30 bits per heavy atom. The van der Waals surface area contributed by atoms with Crippen molar-refractivity contribution in [2.75, 3.05) is 0 Å². The molecule has 0 fully saturated rings. The number of aryl methyl sites for hydroxylation is 1. The second-order valence-electron chi connectivity index (χ2n) is 6.97. The average Bonchev–Trinajstić information content (AvgIpc) is 3.09. The quantitative estimate of drug-likeness (QED) is 0.619. The Hall–Kier alpha value is -3.71. The standard InChI is InChI=1S/C19H15ClN6O4/c1-8-4-5-11-13(8)16(27)23-24-18(11)30-14-9(2)6-10(7-12(14)20)26-19(29)22-17(28)15(21-3)25-26/h6-8H,4-5H2,1-2H3,(H,23,27)(H,22,28,29)/t8-/m0/s1. The topological polar surface area (TPSA) is 127 Å². The van der Waals surface area contributed by atoms with E-state index < -0.39 is 17.1 Å². The predicted molar refractivity (Wildman–Crippen MR) is 108 cm³/mol. The minimum absolute atomic E-state index is 0.114. The van der Waals surface area contributed by atoms with Crippen LogP contribution in [-0.2, 0) is 6.42 Å². The van der Waals surface area contributed by atoms with E-state index in [1.54, 1.807) is 13.0 Å². The van der Waals surface area contributed by atoms with Gasteiger partial charge in [0.2, 0.25) is 5.88 Å². The van der Waals surface area contributed by atoms with Crippen LogP contribution in [0.4, 0.5) is 5.82 Å². The normalized spacial score (nSPS) is 14.9. The van der Waals surface area contributed by atoms with Crippen molar-refractivity contribution in [2.45, 2.75) is 32.6 Å². The molecule has 30 heavy (non-hydrogen) atoms. The molecule has 0 unspecified atom stereocenters. The first kappa shape index (κ1) is 19.6. The van der Waals surface area contributed by atoms with E-state index in [0.717, 1.165) is 16.7 Å². The van der Waals surface area contributed by atoms with E-state index in [9.17, 15) is 14.4 Å². The summed E-state index contributed by atoms with van der Waals surface area (Å²) in [5.41, 5.74) is 0.359. The van der Waals surface area contributed by atoms with Gasteiger partial charge in [0.1, 0.15) is 0 Å². The summed E-state index contributed by atoms with van der Waals surface area (Å²) in [5.74, 6) is 0.236. The zero-order chi connectivity index (χ0) is 21.6. The zero-order valence-electron chi connectivity index (χ0n) is 15.9. The maximum Gasteiger partial charge on any atom is 0.365 e. The molecule has 1 aromatic carbocycles. The molecule has 4 rings (SSSR count). The largest absolute Gasteiger partial charge is 0.435 e. The van der Waals surface area contributed by atoms with Crippen LogP contribution in [-0.4, -0.2) is 25.0 Å². The Morgan fingerprint density at radius 2 is 2.07 bits per heavy atom. The lowest BCUT2D eigenvalue weighted by molar-refractivity contribution is 0.445. The third-order valence-corrected chi connectivity index (χ3v) is 5.26. The molecule has 0 aliphatic heterocycles. The molecule has 0 saturated heterocycles. The molecular formula is C19H15ClN6O4. The number of ether oxygens (including phenoxy) is 1. The summed E-state index contributed by atoms with van der Waals surface area (Å²) in [6, 6.07) is 3.01. The molecule has 10 nitrogen and oxygen atoms in total. The molecule has 0 bridgehead atoms. The average molecular weight is 427 g/mol. The zero-order valence-corrected chi connectivity index (χ0v) is 16.7. The Kier molecular flexibility index (Phi) is 4.75. The first-order valence-electron chi connectivity index (χ1n) is 9.01. The first-order valence-corrected chi connectivity index (χ1v) is 9.39. The van der Waals surface area contributed by atoms with Crippen molar-refractivity contribution in [3.8, 4) is 17.3 Å². The SMILES string of the molecule is [C-]#[N+]c1nn(-c2cc(C)c(Oc3n[nH]c(=O)c4c3CC[C@@H]4C)c(Cl)c2)c(=O)[nH]c1=O. The minimum Gasteiger partial charge on any atom is -0.435 e. The number of aromatic amines is 2. The Bertz CT molecular complexity index is 1370. The molecule has 2 heterocycles. The van der Waals surface area contributed by atoms with Crippen LogP contribution < -0.4 is 21.5 Å². The molecule has 152 valence electrons. The van der Waals surface area contributed by atoms with Crippen molar-refractivity contribution in [1.29, 1.82) is 0 Å². The highest BCUT2D eigenvalue weighted by Crippen LogP contribution is 2.39. The van der Waals surface area contributed by atoms with E-state index in [2.05, 4.69) is 20.1 Å². The number of fused-ring (bicyclic) bond motifs is 1. The summed E-state index contributed by atoms with van der Waals surface area (Å²) >= 11 is 6.40. The third-order valence-electron chi connectivity index (χ3n) is 4.98. The van der Waals surface area contributed by atoms with E-state index in [1.165, 1.54) is 6.07 Å². The fourth-order valence-electron chi connectivity index (χ4n) is 3.53. The summed E-state index contributed by atoms with van der Waals surface area (Å²) < 4.78 is 6.83. The van der Waals surface area contributed by atoms with Gasteiger partial charge in [0.05, 0.1) is 10.7 Å². The van der Waals surface area contributed by atoms with E-state index in [4.69, 9.17) is 22.9 Å². The molecule has 0 amide bonds. The smallest absolute Gasteiger partial charge is 0.365 e. The molecule has 1 aliphatic rings. The number of halogens is 1. The van der Waals surface area contributed by atoms with Crippen LogP contribution in [0.1, 0.15) is 36.0 Å². The second kappa shape index (κ2) is 7.27. The highest BCUT2D eigenvalue weighted by atomic mass is 35.5. The van der Waals surface area contributed by atoms with Crippen LogP contribution in [0.5, 0.6) is 11.6 Å². The van der Waals surface area contributed by atoms with Crippen LogP contribution in [0.25, 0.3) is 10.5 Å². The number of nitrogens with one attached hydrogen (secondary N) is 2. The van der Waals surface area contributed by atoms with Crippen LogP contribution in [0.15, 0.2) is 26.5 Å². The molecular weight excluding hydrogens is 412 g/mol. The Morgan fingerprint density at radius 3 is 2.77 bits per heavy atom. The maximum atomic E-state index is 12.1. The van der Waals surface area contributed by atoms with Gasteiger partial charge in [0, 0.05) is 11.1 Å². The van der Waals surface area contributed by atoms with Crippen LogP contribution >= 0.6 is 11.6 Å². The van der Waals surface area contributed by atoms with Crippen molar-refractivity contribution in [1.82, 2.24) is 25.0 Å². The van der Waals surface area contributed by atoms with Gasteiger partial charge in [-0.1, -0.05) is 25.1 Å². The highest BCUT2D eigenvalue weighted by molar-refractivity contribution is 6.32. The predicted octanol–water partition coefficient (Wildman–Crippen LogP) is 2.36. The number of nitrogens with zero attached hydrogens (tertiary/aromatic N) is 4. The lowest BCUT2D eigenvalue weighted by atomic mass is 10.1. The Balaban J connectivity index is 1.78. The number of aromatic nitrogens is 5. The number of benzene rings is 1. The van der Waals surface area contributed by atoms with Gasteiger partial charge in [0.25, 0.3) is 11.1 Å². The van der Waals surface area contributed by atoms with Crippen LogP contribution in [0.3, 0.4) is 0 Å². The van der Waals surface area contributed by atoms with Gasteiger partial charge >= 0.3 is 11.5 Å². The minimum atomic E-state index is -0.860. The van der Waals surface area contributed by atoms with Crippen molar-refractivity contribution >= 4 is 17.4 Å². The molecule has 0 saturated carbocycles. The molecule has 2 N–H and O–H groups in total. The van der Waals surface area contributed by atoms with E-state index >= 15 is 0 Å².